The SMILES string of the molecule is CC(C)CC(=Nc1ccc(COC(=O)C[C@H](NC(=O)OCC2c3ccccc3-c3ccccc32)C(=O)O)cc1)C1=C(O)CC(C)(C)CC1=O. The van der Waals surface area contributed by atoms with Gasteiger partial charge in [0.1, 0.15) is 25.0 Å². The number of carboxylic acid groups (broad SMARTS) is 1. The summed E-state index contributed by atoms with van der Waals surface area (Å²) in [7, 11) is 0. The molecule has 0 radical (unpaired) electrons. The summed E-state index contributed by atoms with van der Waals surface area (Å²) in [4.78, 5) is 54.8. The minimum Gasteiger partial charge on any atom is -0.511 e. The first-order valence-electron chi connectivity index (χ1n) is 16.4. The van der Waals surface area contributed by atoms with Gasteiger partial charge in [-0.3, -0.25) is 14.6 Å². The van der Waals surface area contributed by atoms with Crippen LogP contribution in [0.1, 0.15) is 76.0 Å². The van der Waals surface area contributed by atoms with Gasteiger partial charge in [-0.2, -0.15) is 0 Å². The van der Waals surface area contributed by atoms with Crippen molar-refractivity contribution >= 4 is 35.2 Å². The summed E-state index contributed by atoms with van der Waals surface area (Å²) in [6, 6.07) is 21.0. The maximum Gasteiger partial charge on any atom is 0.407 e. The van der Waals surface area contributed by atoms with E-state index in [0.717, 1.165) is 22.3 Å². The van der Waals surface area contributed by atoms with Gasteiger partial charge in [0.2, 0.25) is 0 Å². The lowest BCUT2D eigenvalue weighted by Crippen LogP contribution is -2.43. The lowest BCUT2D eigenvalue weighted by atomic mass is 9.75. The number of esters is 1. The molecule has 0 heterocycles. The van der Waals surface area contributed by atoms with Crippen LogP contribution >= 0.6 is 0 Å². The summed E-state index contributed by atoms with van der Waals surface area (Å²) in [6.45, 7) is 7.81. The zero-order valence-electron chi connectivity index (χ0n) is 28.2. The summed E-state index contributed by atoms with van der Waals surface area (Å²) in [6.07, 6.45) is -0.293. The molecule has 1 amide bonds. The number of aliphatic carboxylic acids is 1. The van der Waals surface area contributed by atoms with Crippen molar-refractivity contribution in [2.24, 2.45) is 16.3 Å². The van der Waals surface area contributed by atoms with Crippen LogP contribution in [0, 0.1) is 11.3 Å². The van der Waals surface area contributed by atoms with Gasteiger partial charge in [-0.25, -0.2) is 9.59 Å². The molecular formula is C39H42N2O8. The molecule has 3 aromatic rings. The number of fused-ring (bicyclic) bond motifs is 3. The number of carboxylic acids is 1. The number of allylic oxidation sites excluding steroid dienone is 2. The number of alkyl carbamates (subject to hydrolysis) is 1. The number of aliphatic hydroxyl groups is 1. The Morgan fingerprint density at radius 2 is 1.51 bits per heavy atom. The number of aliphatic imine (C=N–C) groups is 1. The number of hydrogen-bond acceptors (Lipinski definition) is 8. The van der Waals surface area contributed by atoms with Gasteiger partial charge in [-0.1, -0.05) is 88.4 Å². The third kappa shape index (κ3) is 8.62. The largest absolute Gasteiger partial charge is 0.511 e. The Bertz CT molecular complexity index is 1760. The van der Waals surface area contributed by atoms with Crippen molar-refractivity contribution in [1.82, 2.24) is 5.32 Å². The maximum absolute atomic E-state index is 13.0. The highest BCUT2D eigenvalue weighted by Gasteiger charge is 2.35. The molecule has 256 valence electrons. The fourth-order valence-electron chi connectivity index (χ4n) is 6.40. The first-order chi connectivity index (χ1) is 23.3. The van der Waals surface area contributed by atoms with E-state index < -0.39 is 30.5 Å². The van der Waals surface area contributed by atoms with Crippen LogP contribution in [0.2, 0.25) is 0 Å². The molecule has 0 saturated carbocycles. The lowest BCUT2D eigenvalue weighted by molar-refractivity contribution is -0.150. The molecule has 0 unspecified atom stereocenters. The van der Waals surface area contributed by atoms with E-state index >= 15 is 0 Å². The number of carbonyl (C=O) groups excluding carboxylic acids is 3. The van der Waals surface area contributed by atoms with Gasteiger partial charge in [-0.05, 0) is 57.7 Å². The Hall–Kier alpha value is -5.25. The van der Waals surface area contributed by atoms with E-state index in [0.29, 0.717) is 41.8 Å². The molecule has 2 aliphatic rings. The van der Waals surface area contributed by atoms with E-state index in [1.807, 2.05) is 76.2 Å². The standard InChI is InChI=1S/C39H42N2O8/c1-23(2)17-31(36-33(42)19-39(3,4)20-34(36)43)40-25-15-13-24(14-16-25)21-48-35(44)18-32(37(45)46)41-38(47)49-22-30-28-11-7-5-9-26(28)27-10-6-8-12-29(27)30/h5-16,23,30,32,42H,17-22H2,1-4H3,(H,41,47)(H,45,46)/t32-/m0/s1. The van der Waals surface area contributed by atoms with Crippen LogP contribution in [-0.2, 0) is 30.5 Å². The van der Waals surface area contributed by atoms with Crippen molar-refractivity contribution in [2.45, 2.75) is 71.9 Å². The van der Waals surface area contributed by atoms with Gasteiger partial charge in [-0.15, -0.1) is 0 Å². The van der Waals surface area contributed by atoms with Crippen LogP contribution in [0.15, 0.2) is 89.1 Å². The summed E-state index contributed by atoms with van der Waals surface area (Å²) >= 11 is 0. The highest BCUT2D eigenvalue weighted by Crippen LogP contribution is 2.44. The van der Waals surface area contributed by atoms with Gasteiger partial charge in [0, 0.05) is 18.8 Å². The molecule has 10 nitrogen and oxygen atoms in total. The van der Waals surface area contributed by atoms with Crippen molar-refractivity contribution in [2.75, 3.05) is 6.61 Å². The number of aliphatic hydroxyl groups excluding tert-OH is 1. The smallest absolute Gasteiger partial charge is 0.407 e. The molecule has 1 atom stereocenters. The number of nitrogens with one attached hydrogen (secondary N) is 1. The summed E-state index contributed by atoms with van der Waals surface area (Å²) in [5.41, 5.74) is 5.89. The molecule has 5 rings (SSSR count). The molecule has 10 heteroatoms. The Kier molecular flexibility index (Phi) is 10.7. The Morgan fingerprint density at radius 3 is 2.08 bits per heavy atom. The van der Waals surface area contributed by atoms with Crippen molar-refractivity contribution in [3.05, 3.63) is 101 Å². The van der Waals surface area contributed by atoms with Crippen LogP contribution in [-0.4, -0.2) is 52.4 Å². The van der Waals surface area contributed by atoms with Gasteiger partial charge in [0.05, 0.1) is 23.4 Å². The number of hydrogen-bond donors (Lipinski definition) is 3. The van der Waals surface area contributed by atoms with Crippen LogP contribution in [0.3, 0.4) is 0 Å². The van der Waals surface area contributed by atoms with Crippen molar-refractivity contribution < 1.29 is 38.9 Å². The van der Waals surface area contributed by atoms with Crippen LogP contribution < -0.4 is 5.32 Å². The molecule has 0 aliphatic heterocycles. The van der Waals surface area contributed by atoms with Crippen LogP contribution in [0.4, 0.5) is 10.5 Å². The maximum atomic E-state index is 13.0. The van der Waals surface area contributed by atoms with E-state index in [9.17, 15) is 29.4 Å². The molecule has 2 aliphatic carbocycles. The highest BCUT2D eigenvalue weighted by molar-refractivity contribution is 6.23. The van der Waals surface area contributed by atoms with E-state index in [4.69, 9.17) is 14.5 Å². The monoisotopic (exact) mass is 666 g/mol. The van der Waals surface area contributed by atoms with Crippen molar-refractivity contribution in [1.29, 1.82) is 0 Å². The third-order valence-corrected chi connectivity index (χ3v) is 8.65. The second-order valence-corrected chi connectivity index (χ2v) is 13.8. The number of rotatable bonds is 12. The average Bonchev–Trinajstić information content (AvgIpc) is 3.35. The fourth-order valence-corrected chi connectivity index (χ4v) is 6.40. The molecule has 0 fully saturated rings. The fraction of sp³-hybridized carbons (Fsp3) is 0.359. The first kappa shape index (κ1) is 35.1. The van der Waals surface area contributed by atoms with Crippen molar-refractivity contribution in [3.8, 4) is 11.1 Å². The van der Waals surface area contributed by atoms with E-state index in [1.54, 1.807) is 24.3 Å². The van der Waals surface area contributed by atoms with Gasteiger partial charge in [0.25, 0.3) is 0 Å². The quantitative estimate of drug-likeness (QED) is 0.133. The van der Waals surface area contributed by atoms with E-state index in [1.165, 1.54) is 0 Å². The van der Waals surface area contributed by atoms with E-state index in [2.05, 4.69) is 5.32 Å². The van der Waals surface area contributed by atoms with E-state index in [-0.39, 0.29) is 42.0 Å². The zero-order valence-corrected chi connectivity index (χ0v) is 28.2. The molecule has 0 bridgehead atoms. The molecular weight excluding hydrogens is 624 g/mol. The predicted octanol–water partition coefficient (Wildman–Crippen LogP) is 7.43. The molecule has 0 aromatic heterocycles. The van der Waals surface area contributed by atoms with Gasteiger partial charge < -0.3 is 25.0 Å². The Morgan fingerprint density at radius 1 is 0.898 bits per heavy atom. The summed E-state index contributed by atoms with van der Waals surface area (Å²) in [5.74, 6) is -2.26. The highest BCUT2D eigenvalue weighted by atomic mass is 16.6. The second kappa shape index (κ2) is 14.9. The number of carbonyl (C=O) groups is 4. The molecule has 49 heavy (non-hydrogen) atoms. The summed E-state index contributed by atoms with van der Waals surface area (Å²) < 4.78 is 10.7. The Labute approximate surface area is 285 Å². The minimum atomic E-state index is -1.54. The normalized spacial score (nSPS) is 16.2. The second-order valence-electron chi connectivity index (χ2n) is 13.8. The number of amides is 1. The topological polar surface area (TPSA) is 152 Å². The van der Waals surface area contributed by atoms with Crippen LogP contribution in [0.25, 0.3) is 11.1 Å². The molecule has 3 aromatic carbocycles. The third-order valence-electron chi connectivity index (χ3n) is 8.65. The molecule has 0 spiro atoms. The number of ketones is 1. The minimum absolute atomic E-state index is 0.00288. The number of ether oxygens (including phenoxy) is 2. The average molecular weight is 667 g/mol. The molecule has 0 saturated heterocycles. The van der Waals surface area contributed by atoms with Gasteiger partial charge in [0.15, 0.2) is 5.78 Å². The Balaban J connectivity index is 1.15. The van der Waals surface area contributed by atoms with Gasteiger partial charge >= 0.3 is 18.0 Å². The van der Waals surface area contributed by atoms with Crippen LogP contribution in [0.5, 0.6) is 0 Å². The number of Topliss-reactive ketones (excluding diaryl/α,β-unsaturated/α-hetero) is 1. The lowest BCUT2D eigenvalue weighted by Gasteiger charge is -2.30. The number of nitrogens with zero attached hydrogens (tertiary/aromatic N) is 1. The molecule has 3 N–H and O–H groups in total. The number of benzene rings is 3. The first-order valence-corrected chi connectivity index (χ1v) is 16.4. The van der Waals surface area contributed by atoms with Crippen molar-refractivity contribution in [3.63, 3.8) is 0 Å². The zero-order chi connectivity index (χ0) is 35.3. The summed E-state index contributed by atoms with van der Waals surface area (Å²) in [5, 5.41) is 22.7. The predicted molar refractivity (Wildman–Crippen MR) is 185 cm³/mol.